The van der Waals surface area contributed by atoms with E-state index in [1.165, 1.54) is 19.2 Å². The zero-order valence-corrected chi connectivity index (χ0v) is 10.4. The van der Waals surface area contributed by atoms with Crippen LogP contribution in [0, 0.1) is 13.7 Å². The highest BCUT2D eigenvalue weighted by Gasteiger charge is 2.25. The third-order valence-corrected chi connectivity index (χ3v) is 2.48. The highest BCUT2D eigenvalue weighted by Crippen LogP contribution is 2.33. The molecule has 1 aromatic rings. The van der Waals surface area contributed by atoms with E-state index in [4.69, 9.17) is 16.3 Å². The van der Waals surface area contributed by atoms with E-state index in [2.05, 4.69) is 0 Å². The molecule has 1 rings (SSSR count). The fraction of sp³-hybridized carbons (Fsp3) is 0.125. The van der Waals surface area contributed by atoms with E-state index in [0.717, 1.165) is 0 Å². The number of halogens is 2. The first kappa shape index (κ1) is 12.2. The van der Waals surface area contributed by atoms with Crippen LogP contribution in [0.25, 0.3) is 0 Å². The van der Waals surface area contributed by atoms with E-state index >= 15 is 0 Å². The Kier molecular flexibility index (Phi) is 3.86. The fourth-order valence-corrected chi connectivity index (χ4v) is 1.81. The maximum atomic E-state index is 11.0. The SMILES string of the molecule is COc1cc(I)cc(C(=O)Cl)c1[N+](=O)[O-]. The summed E-state index contributed by atoms with van der Waals surface area (Å²) in [6.07, 6.45) is 0. The van der Waals surface area contributed by atoms with Gasteiger partial charge in [0, 0.05) is 9.64 Å². The first-order chi connectivity index (χ1) is 6.97. The van der Waals surface area contributed by atoms with Crippen molar-refractivity contribution in [3.63, 3.8) is 0 Å². The molecule has 7 heteroatoms. The molecular formula is C8H5ClINO4. The van der Waals surface area contributed by atoms with E-state index in [9.17, 15) is 14.9 Å². The van der Waals surface area contributed by atoms with E-state index in [0.29, 0.717) is 3.57 Å². The van der Waals surface area contributed by atoms with Gasteiger partial charge in [-0.05, 0) is 40.3 Å². The topological polar surface area (TPSA) is 69.4 Å². The minimum absolute atomic E-state index is 0.0240. The number of carbonyl (C=O) groups excluding carboxylic acids is 1. The summed E-state index contributed by atoms with van der Waals surface area (Å²) in [6, 6.07) is 2.80. The second kappa shape index (κ2) is 4.75. The van der Waals surface area contributed by atoms with Crippen molar-refractivity contribution in [3.8, 4) is 5.75 Å². The number of benzene rings is 1. The molecule has 0 aliphatic heterocycles. The number of ether oxygens (including phenoxy) is 1. The molecular weight excluding hydrogens is 336 g/mol. The summed E-state index contributed by atoms with van der Waals surface area (Å²) in [5.74, 6) is 0.0240. The van der Waals surface area contributed by atoms with Crippen molar-refractivity contribution in [2.75, 3.05) is 7.11 Å². The Bertz CT molecular complexity index is 435. The molecule has 0 aliphatic rings. The van der Waals surface area contributed by atoms with Gasteiger partial charge in [-0.3, -0.25) is 14.9 Å². The molecule has 0 bridgehead atoms. The van der Waals surface area contributed by atoms with Gasteiger partial charge in [-0.1, -0.05) is 0 Å². The normalized spacial score (nSPS) is 9.80. The van der Waals surface area contributed by atoms with Crippen LogP contribution in [0.5, 0.6) is 5.75 Å². The van der Waals surface area contributed by atoms with E-state index < -0.39 is 15.9 Å². The molecule has 0 amide bonds. The molecule has 0 aliphatic carbocycles. The number of hydrogen-bond donors (Lipinski definition) is 0. The van der Waals surface area contributed by atoms with Crippen molar-refractivity contribution in [1.82, 2.24) is 0 Å². The van der Waals surface area contributed by atoms with Crippen LogP contribution >= 0.6 is 34.2 Å². The monoisotopic (exact) mass is 341 g/mol. The summed E-state index contributed by atoms with van der Waals surface area (Å²) in [5, 5.41) is 9.85. The minimum Gasteiger partial charge on any atom is -0.490 e. The van der Waals surface area contributed by atoms with Crippen LogP contribution in [0.15, 0.2) is 12.1 Å². The summed E-state index contributed by atoms with van der Waals surface area (Å²) >= 11 is 7.17. The predicted octanol–water partition coefficient (Wildman–Crippen LogP) is 2.59. The molecule has 5 nitrogen and oxygen atoms in total. The Hall–Kier alpha value is -0.890. The number of nitrogens with zero attached hydrogens (tertiary/aromatic N) is 1. The van der Waals surface area contributed by atoms with Gasteiger partial charge in [-0.2, -0.15) is 0 Å². The van der Waals surface area contributed by atoms with Gasteiger partial charge in [0.1, 0.15) is 5.56 Å². The van der Waals surface area contributed by atoms with Crippen molar-refractivity contribution in [2.45, 2.75) is 0 Å². The maximum Gasteiger partial charge on any atom is 0.323 e. The van der Waals surface area contributed by atoms with E-state index in [1.807, 2.05) is 22.6 Å². The summed E-state index contributed by atoms with van der Waals surface area (Å²) in [4.78, 5) is 21.0. The molecule has 0 heterocycles. The summed E-state index contributed by atoms with van der Waals surface area (Å²) in [6.45, 7) is 0. The smallest absolute Gasteiger partial charge is 0.323 e. The number of carbonyl (C=O) groups is 1. The van der Waals surface area contributed by atoms with Gasteiger partial charge in [0.25, 0.3) is 5.24 Å². The molecule has 0 spiro atoms. The molecule has 0 aromatic heterocycles. The fourth-order valence-electron chi connectivity index (χ4n) is 1.07. The van der Waals surface area contributed by atoms with E-state index in [1.54, 1.807) is 0 Å². The predicted molar refractivity (Wildman–Crippen MR) is 62.5 cm³/mol. The second-order valence-electron chi connectivity index (χ2n) is 2.54. The first-order valence-corrected chi connectivity index (χ1v) is 5.14. The average molecular weight is 341 g/mol. The van der Waals surface area contributed by atoms with Gasteiger partial charge in [0.2, 0.25) is 0 Å². The third kappa shape index (κ3) is 2.57. The van der Waals surface area contributed by atoms with Crippen LogP contribution < -0.4 is 4.74 Å². The Morgan fingerprint density at radius 3 is 2.60 bits per heavy atom. The lowest BCUT2D eigenvalue weighted by Gasteiger charge is -2.04. The highest BCUT2D eigenvalue weighted by atomic mass is 127. The lowest BCUT2D eigenvalue weighted by Crippen LogP contribution is -2.02. The number of hydrogen-bond acceptors (Lipinski definition) is 4. The molecule has 0 saturated carbocycles. The van der Waals surface area contributed by atoms with Gasteiger partial charge in [-0.15, -0.1) is 0 Å². The van der Waals surface area contributed by atoms with Gasteiger partial charge in [0.05, 0.1) is 12.0 Å². The van der Waals surface area contributed by atoms with Crippen LogP contribution in [-0.4, -0.2) is 17.3 Å². The Labute approximate surface area is 104 Å². The number of nitro benzene ring substituents is 1. The van der Waals surface area contributed by atoms with E-state index in [-0.39, 0.29) is 11.3 Å². The standard InChI is InChI=1S/C8H5ClINO4/c1-15-6-3-4(10)2-5(8(9)12)7(6)11(13)14/h2-3H,1H3. The van der Waals surface area contributed by atoms with Crippen molar-refractivity contribution < 1.29 is 14.5 Å². The van der Waals surface area contributed by atoms with Crippen molar-refractivity contribution in [3.05, 3.63) is 31.4 Å². The first-order valence-electron chi connectivity index (χ1n) is 3.69. The van der Waals surface area contributed by atoms with Gasteiger partial charge >= 0.3 is 5.69 Å². The maximum absolute atomic E-state index is 11.0. The molecule has 0 radical (unpaired) electrons. The minimum atomic E-state index is -0.876. The number of rotatable bonds is 3. The molecule has 0 atom stereocenters. The van der Waals surface area contributed by atoms with Crippen molar-refractivity contribution in [1.29, 1.82) is 0 Å². The third-order valence-electron chi connectivity index (χ3n) is 1.65. The average Bonchev–Trinajstić information content (AvgIpc) is 2.15. The zero-order valence-electron chi connectivity index (χ0n) is 7.49. The Morgan fingerprint density at radius 2 is 2.20 bits per heavy atom. The van der Waals surface area contributed by atoms with Crippen LogP contribution in [0.3, 0.4) is 0 Å². The van der Waals surface area contributed by atoms with Crippen LogP contribution in [-0.2, 0) is 0 Å². The lowest BCUT2D eigenvalue weighted by molar-refractivity contribution is -0.386. The van der Waals surface area contributed by atoms with Gasteiger partial charge in [0.15, 0.2) is 5.75 Å². The zero-order chi connectivity index (χ0) is 11.6. The molecule has 1 aromatic carbocycles. The highest BCUT2D eigenvalue weighted by molar-refractivity contribution is 14.1. The van der Waals surface area contributed by atoms with Gasteiger partial charge < -0.3 is 4.74 Å². The van der Waals surface area contributed by atoms with Crippen LogP contribution in [0.1, 0.15) is 10.4 Å². The summed E-state index contributed by atoms with van der Waals surface area (Å²) in [7, 11) is 1.29. The van der Waals surface area contributed by atoms with Gasteiger partial charge in [-0.25, -0.2) is 0 Å². The quantitative estimate of drug-likeness (QED) is 0.367. The molecule has 0 N–H and O–H groups in total. The van der Waals surface area contributed by atoms with Crippen LogP contribution in [0.2, 0.25) is 0 Å². The lowest BCUT2D eigenvalue weighted by atomic mass is 10.2. The second-order valence-corrected chi connectivity index (χ2v) is 4.12. The molecule has 0 saturated heterocycles. The summed E-state index contributed by atoms with van der Waals surface area (Å²) < 4.78 is 5.46. The molecule has 80 valence electrons. The Morgan fingerprint density at radius 1 is 1.60 bits per heavy atom. The number of nitro groups is 1. The summed E-state index contributed by atoms with van der Waals surface area (Å²) in [5.41, 5.74) is -0.566. The molecule has 0 unspecified atom stereocenters. The Balaban J connectivity index is 3.54. The largest absolute Gasteiger partial charge is 0.490 e. The van der Waals surface area contributed by atoms with Crippen LogP contribution in [0.4, 0.5) is 5.69 Å². The van der Waals surface area contributed by atoms with Crippen molar-refractivity contribution in [2.24, 2.45) is 0 Å². The molecule has 15 heavy (non-hydrogen) atoms. The van der Waals surface area contributed by atoms with Crippen molar-refractivity contribution >= 4 is 45.1 Å². The number of methoxy groups -OCH3 is 1. The molecule has 0 fully saturated rings.